The highest BCUT2D eigenvalue weighted by Crippen LogP contribution is 2.23. The molecule has 3 aromatic heterocycles. The van der Waals surface area contributed by atoms with Crippen LogP contribution in [0, 0.1) is 12.8 Å². The number of imidazole rings is 2. The number of rotatable bonds is 2. The second-order valence-electron chi connectivity index (χ2n) is 8.45. The van der Waals surface area contributed by atoms with Gasteiger partial charge in [0.25, 0.3) is 5.56 Å². The van der Waals surface area contributed by atoms with Crippen molar-refractivity contribution in [1.29, 1.82) is 0 Å². The van der Waals surface area contributed by atoms with Crippen LogP contribution < -0.4 is 5.56 Å². The van der Waals surface area contributed by atoms with Crippen molar-refractivity contribution < 1.29 is 9.53 Å². The van der Waals surface area contributed by atoms with Gasteiger partial charge in [-0.25, -0.2) is 9.78 Å². The van der Waals surface area contributed by atoms with Crippen LogP contribution in [-0.2, 0) is 11.3 Å². The van der Waals surface area contributed by atoms with Gasteiger partial charge >= 0.3 is 6.09 Å². The fraction of sp³-hybridized carbons (Fsp3) is 0.550. The van der Waals surface area contributed by atoms with Gasteiger partial charge in [-0.2, -0.15) is 0 Å². The highest BCUT2D eigenvalue weighted by atomic mass is 16.6. The number of hydrogen-bond donors (Lipinski definition) is 0. The monoisotopic (exact) mass is 370 g/mol. The third kappa shape index (κ3) is 3.15. The Kier molecular flexibility index (Phi) is 4.13. The molecule has 7 nitrogen and oxygen atoms in total. The first kappa shape index (κ1) is 17.8. The number of nitrogens with zero attached hydrogens (tertiary/aromatic N) is 4. The van der Waals surface area contributed by atoms with Gasteiger partial charge < -0.3 is 9.64 Å². The number of carbonyl (C=O) groups excluding carboxylic acids is 1. The largest absolute Gasteiger partial charge is 0.444 e. The molecule has 0 spiro atoms. The third-order valence-corrected chi connectivity index (χ3v) is 5.23. The van der Waals surface area contributed by atoms with Crippen molar-refractivity contribution in [2.75, 3.05) is 13.1 Å². The summed E-state index contributed by atoms with van der Waals surface area (Å²) in [5, 5.41) is 0. The summed E-state index contributed by atoms with van der Waals surface area (Å²) in [4.78, 5) is 31.4. The summed E-state index contributed by atoms with van der Waals surface area (Å²) in [6, 6.07) is 5.84. The molecule has 144 valence electrons. The molecular weight excluding hydrogens is 344 g/mol. The van der Waals surface area contributed by atoms with Gasteiger partial charge in [0.1, 0.15) is 22.4 Å². The third-order valence-electron chi connectivity index (χ3n) is 5.23. The van der Waals surface area contributed by atoms with Crippen LogP contribution in [0.15, 0.2) is 23.0 Å². The molecule has 0 unspecified atom stereocenters. The summed E-state index contributed by atoms with van der Waals surface area (Å²) in [5.74, 6) is 0.362. The minimum atomic E-state index is -0.478. The Morgan fingerprint density at radius 2 is 1.96 bits per heavy atom. The summed E-state index contributed by atoms with van der Waals surface area (Å²) in [7, 11) is 0. The molecule has 0 bridgehead atoms. The maximum absolute atomic E-state index is 12.9. The topological polar surface area (TPSA) is 68.8 Å². The molecule has 27 heavy (non-hydrogen) atoms. The van der Waals surface area contributed by atoms with Gasteiger partial charge in [0.2, 0.25) is 0 Å². The number of ether oxygens (including phenoxy) is 1. The van der Waals surface area contributed by atoms with Gasteiger partial charge in [-0.1, -0.05) is 6.07 Å². The zero-order valence-corrected chi connectivity index (χ0v) is 16.4. The Labute approximate surface area is 157 Å². The van der Waals surface area contributed by atoms with Crippen LogP contribution >= 0.6 is 0 Å². The van der Waals surface area contributed by atoms with Crippen molar-refractivity contribution in [1.82, 2.24) is 18.9 Å². The first-order valence-electron chi connectivity index (χ1n) is 9.52. The lowest BCUT2D eigenvalue weighted by Gasteiger charge is -2.33. The van der Waals surface area contributed by atoms with Gasteiger partial charge in [0, 0.05) is 19.6 Å². The van der Waals surface area contributed by atoms with Crippen LogP contribution in [0.1, 0.15) is 39.3 Å². The fourth-order valence-corrected chi connectivity index (χ4v) is 3.94. The van der Waals surface area contributed by atoms with E-state index in [1.807, 2.05) is 54.9 Å². The van der Waals surface area contributed by atoms with Crippen molar-refractivity contribution in [2.24, 2.45) is 5.92 Å². The van der Waals surface area contributed by atoms with E-state index in [1.54, 1.807) is 4.90 Å². The first-order valence-corrected chi connectivity index (χ1v) is 9.52. The molecule has 0 N–H and O–H groups in total. The average molecular weight is 370 g/mol. The molecule has 0 atom stereocenters. The van der Waals surface area contributed by atoms with E-state index in [1.165, 1.54) is 0 Å². The van der Waals surface area contributed by atoms with Crippen molar-refractivity contribution in [2.45, 2.75) is 52.7 Å². The number of aryl methyl sites for hydroxylation is 1. The normalized spacial score (nSPS) is 16.5. The van der Waals surface area contributed by atoms with Crippen LogP contribution in [0.4, 0.5) is 4.79 Å². The van der Waals surface area contributed by atoms with E-state index in [0.29, 0.717) is 31.1 Å². The maximum atomic E-state index is 12.9. The standard InChI is InChI=1S/C20H26N4O3/c1-13-17-18(25)23(16-7-5-6-15(21-13)24(16)17)12-14-8-10-22(11-9-14)19(26)27-20(2,3)4/h5-7,14H,8-12H2,1-4H3. The predicted molar refractivity (Wildman–Crippen MR) is 103 cm³/mol. The Morgan fingerprint density at radius 1 is 1.26 bits per heavy atom. The maximum Gasteiger partial charge on any atom is 0.410 e. The Bertz CT molecular complexity index is 1040. The van der Waals surface area contributed by atoms with Crippen molar-refractivity contribution >= 4 is 22.9 Å². The number of hydrogen-bond acceptors (Lipinski definition) is 4. The molecule has 1 amide bonds. The molecule has 3 aromatic rings. The van der Waals surface area contributed by atoms with E-state index >= 15 is 0 Å². The molecule has 1 fully saturated rings. The van der Waals surface area contributed by atoms with Crippen LogP contribution in [-0.4, -0.2) is 43.6 Å². The molecule has 0 saturated carbocycles. The van der Waals surface area contributed by atoms with Crippen LogP contribution in [0.25, 0.3) is 16.8 Å². The number of likely N-dealkylation sites (tertiary alicyclic amines) is 1. The van der Waals surface area contributed by atoms with Gasteiger partial charge in [-0.05, 0) is 58.6 Å². The van der Waals surface area contributed by atoms with E-state index in [4.69, 9.17) is 4.74 Å². The lowest BCUT2D eigenvalue weighted by molar-refractivity contribution is 0.0178. The summed E-state index contributed by atoms with van der Waals surface area (Å²) in [6.45, 7) is 9.52. The number of pyridine rings is 1. The molecule has 1 saturated heterocycles. The molecule has 4 heterocycles. The average Bonchev–Trinajstić information content (AvgIpc) is 3.07. The van der Waals surface area contributed by atoms with Crippen LogP contribution in [0.5, 0.6) is 0 Å². The number of carbonyl (C=O) groups is 1. The molecule has 1 aliphatic rings. The number of aromatic nitrogens is 3. The lowest BCUT2D eigenvalue weighted by atomic mass is 9.97. The second-order valence-corrected chi connectivity index (χ2v) is 8.45. The van der Waals surface area contributed by atoms with E-state index in [0.717, 1.165) is 29.8 Å². The predicted octanol–water partition coefficient (Wildman–Crippen LogP) is 3.04. The molecule has 4 rings (SSSR count). The second kappa shape index (κ2) is 6.25. The van der Waals surface area contributed by atoms with Crippen molar-refractivity contribution in [3.8, 4) is 0 Å². The summed E-state index contributed by atoms with van der Waals surface area (Å²) >= 11 is 0. The van der Waals surface area contributed by atoms with Crippen LogP contribution in [0.3, 0.4) is 0 Å². The van der Waals surface area contributed by atoms with Gasteiger partial charge in [0.15, 0.2) is 0 Å². The van der Waals surface area contributed by atoms with E-state index in [2.05, 4.69) is 4.98 Å². The molecule has 7 heteroatoms. The highest BCUT2D eigenvalue weighted by Gasteiger charge is 2.28. The Balaban J connectivity index is 1.50. The molecule has 0 aliphatic carbocycles. The Morgan fingerprint density at radius 3 is 2.63 bits per heavy atom. The number of piperidine rings is 1. The smallest absolute Gasteiger partial charge is 0.410 e. The summed E-state index contributed by atoms with van der Waals surface area (Å²) in [5.41, 5.74) is 2.70. The van der Waals surface area contributed by atoms with Crippen molar-refractivity contribution in [3.63, 3.8) is 0 Å². The highest BCUT2D eigenvalue weighted by molar-refractivity contribution is 5.70. The number of amides is 1. The zero-order valence-electron chi connectivity index (χ0n) is 16.4. The molecule has 1 aliphatic heterocycles. The summed E-state index contributed by atoms with van der Waals surface area (Å²) < 4.78 is 9.28. The minimum Gasteiger partial charge on any atom is -0.444 e. The quantitative estimate of drug-likeness (QED) is 0.695. The van der Waals surface area contributed by atoms with E-state index in [9.17, 15) is 9.59 Å². The molecular formula is C20H26N4O3. The lowest BCUT2D eigenvalue weighted by Crippen LogP contribution is -2.42. The minimum absolute atomic E-state index is 0.0239. The van der Waals surface area contributed by atoms with Gasteiger partial charge in [-0.3, -0.25) is 13.8 Å². The fourth-order valence-electron chi connectivity index (χ4n) is 3.94. The van der Waals surface area contributed by atoms with Gasteiger partial charge in [-0.15, -0.1) is 0 Å². The van der Waals surface area contributed by atoms with Crippen LogP contribution in [0.2, 0.25) is 0 Å². The Hall–Kier alpha value is -2.57. The van der Waals surface area contributed by atoms with E-state index in [-0.39, 0.29) is 11.7 Å². The first-order chi connectivity index (χ1) is 12.7. The SMILES string of the molecule is Cc1nc2cccc3n(CC4CCN(C(=O)OC(C)(C)C)CC4)c(=O)c1n23. The van der Waals surface area contributed by atoms with Crippen molar-refractivity contribution in [3.05, 3.63) is 34.2 Å². The van der Waals surface area contributed by atoms with Gasteiger partial charge in [0.05, 0.1) is 5.69 Å². The summed E-state index contributed by atoms with van der Waals surface area (Å²) in [6.07, 6.45) is 1.48. The molecule has 0 radical (unpaired) electrons. The zero-order chi connectivity index (χ0) is 19.3. The molecule has 0 aromatic carbocycles. The van der Waals surface area contributed by atoms with E-state index < -0.39 is 5.60 Å².